The number of halogens is 2. The maximum atomic E-state index is 12.5. The Morgan fingerprint density at radius 2 is 1.67 bits per heavy atom. The molecule has 1 aromatic heterocycles. The molecule has 0 radical (unpaired) electrons. The fourth-order valence-corrected chi connectivity index (χ4v) is 1.78. The summed E-state index contributed by atoms with van der Waals surface area (Å²) in [4.78, 5) is 16.2. The van der Waals surface area contributed by atoms with Gasteiger partial charge < -0.3 is 15.1 Å². The Bertz CT molecular complexity index is 425. The summed E-state index contributed by atoms with van der Waals surface area (Å²) in [5.41, 5.74) is 0. The number of alkyl halides is 2. The Morgan fingerprint density at radius 3 is 2.19 bits per heavy atom. The van der Waals surface area contributed by atoms with Gasteiger partial charge in [0, 0.05) is 26.7 Å². The van der Waals surface area contributed by atoms with Crippen LogP contribution in [0.2, 0.25) is 0 Å². The molecule has 0 aliphatic heterocycles. The van der Waals surface area contributed by atoms with E-state index in [2.05, 4.69) is 20.3 Å². The van der Waals surface area contributed by atoms with Crippen LogP contribution in [0.15, 0.2) is 0 Å². The number of aromatic nitrogens is 3. The van der Waals surface area contributed by atoms with Gasteiger partial charge in [0.1, 0.15) is 0 Å². The number of anilines is 3. The lowest BCUT2D eigenvalue weighted by Gasteiger charge is -2.22. The molecule has 1 N–H and O–H groups in total. The highest BCUT2D eigenvalue weighted by Gasteiger charge is 2.16. The van der Waals surface area contributed by atoms with Gasteiger partial charge in [-0.25, -0.2) is 8.78 Å². The molecule has 0 bridgehead atoms. The van der Waals surface area contributed by atoms with Crippen LogP contribution >= 0.6 is 0 Å². The normalized spacial score (nSPS) is 10.8. The Hall–Kier alpha value is -1.73. The van der Waals surface area contributed by atoms with Crippen molar-refractivity contribution in [3.05, 3.63) is 0 Å². The summed E-state index contributed by atoms with van der Waals surface area (Å²) in [6.45, 7) is 7.82. The second-order valence-electron chi connectivity index (χ2n) is 4.63. The number of rotatable bonds is 9. The number of hydrogen-bond donors (Lipinski definition) is 1. The van der Waals surface area contributed by atoms with Gasteiger partial charge in [0.15, 0.2) is 0 Å². The van der Waals surface area contributed by atoms with E-state index in [0.29, 0.717) is 11.9 Å². The van der Waals surface area contributed by atoms with E-state index in [1.165, 1.54) is 4.90 Å². The molecule has 0 spiro atoms. The van der Waals surface area contributed by atoms with Crippen LogP contribution in [-0.4, -0.2) is 54.6 Å². The van der Waals surface area contributed by atoms with Crippen LogP contribution in [0.4, 0.5) is 26.6 Å². The van der Waals surface area contributed by atoms with Gasteiger partial charge in [-0.05, 0) is 20.3 Å². The molecular formula is C13H24F2N6. The lowest BCUT2D eigenvalue weighted by Crippen LogP contribution is -2.29. The van der Waals surface area contributed by atoms with Crippen molar-refractivity contribution in [1.82, 2.24) is 15.0 Å². The second kappa shape index (κ2) is 8.53. The van der Waals surface area contributed by atoms with Crippen LogP contribution in [0.25, 0.3) is 0 Å². The summed E-state index contributed by atoms with van der Waals surface area (Å²) >= 11 is 0. The lowest BCUT2D eigenvalue weighted by atomic mass is 10.5. The van der Waals surface area contributed by atoms with Crippen molar-refractivity contribution >= 4 is 17.8 Å². The molecule has 120 valence electrons. The van der Waals surface area contributed by atoms with E-state index in [4.69, 9.17) is 0 Å². The van der Waals surface area contributed by atoms with Crippen molar-refractivity contribution in [1.29, 1.82) is 0 Å². The van der Waals surface area contributed by atoms with E-state index >= 15 is 0 Å². The molecule has 1 heterocycles. The molecule has 8 heteroatoms. The predicted octanol–water partition coefficient (Wildman–Crippen LogP) is 2.24. The van der Waals surface area contributed by atoms with Gasteiger partial charge in [0.25, 0.3) is 6.43 Å². The largest absolute Gasteiger partial charge is 0.354 e. The van der Waals surface area contributed by atoms with Gasteiger partial charge in [0.2, 0.25) is 17.8 Å². The molecule has 0 unspecified atom stereocenters. The SMILES string of the molecule is CCCNc1nc(N(C)CC(F)F)nc(N(CC)CC)n1. The Kier molecular flexibility index (Phi) is 7.04. The first-order valence-electron chi connectivity index (χ1n) is 7.25. The van der Waals surface area contributed by atoms with Crippen molar-refractivity contribution in [2.75, 3.05) is 48.3 Å². The van der Waals surface area contributed by atoms with Crippen molar-refractivity contribution < 1.29 is 8.78 Å². The van der Waals surface area contributed by atoms with Gasteiger partial charge in [-0.1, -0.05) is 6.92 Å². The maximum Gasteiger partial charge on any atom is 0.255 e. The summed E-state index contributed by atoms with van der Waals surface area (Å²) in [5.74, 6) is 1.18. The molecule has 0 aliphatic rings. The minimum Gasteiger partial charge on any atom is -0.354 e. The topological polar surface area (TPSA) is 57.2 Å². The molecule has 21 heavy (non-hydrogen) atoms. The molecule has 1 rings (SSSR count). The first-order valence-corrected chi connectivity index (χ1v) is 7.25. The van der Waals surface area contributed by atoms with E-state index in [1.807, 2.05) is 25.7 Å². The third-order valence-electron chi connectivity index (χ3n) is 2.94. The quantitative estimate of drug-likeness (QED) is 0.755. The molecule has 1 aromatic rings. The van der Waals surface area contributed by atoms with Crippen molar-refractivity contribution in [2.24, 2.45) is 0 Å². The zero-order valence-corrected chi connectivity index (χ0v) is 13.1. The van der Waals surface area contributed by atoms with E-state index in [1.54, 1.807) is 7.05 Å². The second-order valence-corrected chi connectivity index (χ2v) is 4.63. The average Bonchev–Trinajstić information content (AvgIpc) is 2.45. The minimum atomic E-state index is -2.43. The fourth-order valence-electron chi connectivity index (χ4n) is 1.78. The van der Waals surface area contributed by atoms with Crippen LogP contribution in [-0.2, 0) is 0 Å². The predicted molar refractivity (Wildman–Crippen MR) is 81.4 cm³/mol. The summed E-state index contributed by atoms with van der Waals surface area (Å²) in [6.07, 6.45) is -1.51. The van der Waals surface area contributed by atoms with E-state index in [0.717, 1.165) is 26.1 Å². The molecule has 0 aliphatic carbocycles. The highest BCUT2D eigenvalue weighted by Crippen LogP contribution is 2.16. The molecule has 0 fully saturated rings. The van der Waals surface area contributed by atoms with Crippen molar-refractivity contribution in [2.45, 2.75) is 33.6 Å². The smallest absolute Gasteiger partial charge is 0.255 e. The highest BCUT2D eigenvalue weighted by atomic mass is 19.3. The van der Waals surface area contributed by atoms with Gasteiger partial charge in [-0.15, -0.1) is 0 Å². The number of nitrogens with zero attached hydrogens (tertiary/aromatic N) is 5. The first kappa shape index (κ1) is 17.3. The van der Waals surface area contributed by atoms with Crippen LogP contribution in [0, 0.1) is 0 Å². The molecule has 6 nitrogen and oxygen atoms in total. The van der Waals surface area contributed by atoms with Gasteiger partial charge in [-0.2, -0.15) is 15.0 Å². The van der Waals surface area contributed by atoms with E-state index in [9.17, 15) is 8.78 Å². The summed E-state index contributed by atoms with van der Waals surface area (Å²) in [5, 5.41) is 3.08. The summed E-state index contributed by atoms with van der Waals surface area (Å²) < 4.78 is 25.1. The molecular weight excluding hydrogens is 278 g/mol. The van der Waals surface area contributed by atoms with Gasteiger partial charge >= 0.3 is 0 Å². The summed E-state index contributed by atoms with van der Waals surface area (Å²) in [7, 11) is 1.55. The zero-order chi connectivity index (χ0) is 15.8. The lowest BCUT2D eigenvalue weighted by molar-refractivity contribution is 0.156. The molecule has 0 aromatic carbocycles. The van der Waals surface area contributed by atoms with Gasteiger partial charge in [-0.3, -0.25) is 0 Å². The standard InChI is InChI=1S/C13H24F2N6/c1-5-8-16-11-17-12(20(4)9-10(14)15)19-13(18-11)21(6-2)7-3/h10H,5-9H2,1-4H3,(H,16,17,18,19). The molecule has 0 saturated heterocycles. The Labute approximate surface area is 124 Å². The number of hydrogen-bond acceptors (Lipinski definition) is 6. The monoisotopic (exact) mass is 302 g/mol. The Morgan fingerprint density at radius 1 is 1.05 bits per heavy atom. The van der Waals surface area contributed by atoms with Gasteiger partial charge in [0.05, 0.1) is 6.54 Å². The fraction of sp³-hybridized carbons (Fsp3) is 0.769. The molecule has 0 saturated carbocycles. The first-order chi connectivity index (χ1) is 10.0. The summed E-state index contributed by atoms with van der Waals surface area (Å²) in [6, 6.07) is 0. The zero-order valence-electron chi connectivity index (χ0n) is 13.1. The third kappa shape index (κ3) is 5.28. The van der Waals surface area contributed by atoms with Crippen LogP contribution < -0.4 is 15.1 Å². The third-order valence-corrected chi connectivity index (χ3v) is 2.94. The van der Waals surface area contributed by atoms with E-state index in [-0.39, 0.29) is 5.95 Å². The Balaban J connectivity index is 3.07. The van der Waals surface area contributed by atoms with Crippen molar-refractivity contribution in [3.63, 3.8) is 0 Å². The van der Waals surface area contributed by atoms with Crippen LogP contribution in [0.5, 0.6) is 0 Å². The maximum absolute atomic E-state index is 12.5. The molecule has 0 amide bonds. The number of nitrogens with one attached hydrogen (secondary N) is 1. The van der Waals surface area contributed by atoms with Crippen LogP contribution in [0.1, 0.15) is 27.2 Å². The van der Waals surface area contributed by atoms with Crippen molar-refractivity contribution in [3.8, 4) is 0 Å². The van der Waals surface area contributed by atoms with E-state index < -0.39 is 13.0 Å². The average molecular weight is 302 g/mol. The molecule has 0 atom stereocenters. The van der Waals surface area contributed by atoms with Crippen LogP contribution in [0.3, 0.4) is 0 Å². The highest BCUT2D eigenvalue weighted by molar-refractivity contribution is 5.44. The minimum absolute atomic E-state index is 0.255.